The van der Waals surface area contributed by atoms with Crippen LogP contribution in [0.25, 0.3) is 0 Å². The number of hydrogen-bond acceptors (Lipinski definition) is 4. The van der Waals surface area contributed by atoms with Crippen molar-refractivity contribution in [1.29, 1.82) is 0 Å². The van der Waals surface area contributed by atoms with Crippen molar-refractivity contribution in [2.24, 2.45) is 5.92 Å². The van der Waals surface area contributed by atoms with E-state index in [0.717, 1.165) is 0 Å². The molecule has 2 aromatic rings. The molecule has 2 aliphatic rings. The first-order valence-electron chi connectivity index (χ1n) is 9.33. The fourth-order valence-electron chi connectivity index (χ4n) is 3.83. The van der Waals surface area contributed by atoms with Crippen LogP contribution in [0.3, 0.4) is 0 Å². The Morgan fingerprint density at radius 3 is 1.69 bits per heavy atom. The van der Waals surface area contributed by atoms with E-state index in [9.17, 15) is 0 Å². The van der Waals surface area contributed by atoms with Gasteiger partial charge in [-0.25, -0.2) is 0 Å². The highest BCUT2D eigenvalue weighted by Crippen LogP contribution is 2.54. The molecule has 0 radical (unpaired) electrons. The van der Waals surface area contributed by atoms with E-state index < -0.39 is 5.79 Å². The van der Waals surface area contributed by atoms with Gasteiger partial charge in [-0.1, -0.05) is 60.7 Å². The van der Waals surface area contributed by atoms with Crippen LogP contribution < -0.4 is 0 Å². The third-order valence-electron chi connectivity index (χ3n) is 4.94. The summed E-state index contributed by atoms with van der Waals surface area (Å²) in [5.74, 6) is 2.12. The molecular weight excluding hydrogens is 360 g/mol. The van der Waals surface area contributed by atoms with Gasteiger partial charge in [0.15, 0.2) is 5.79 Å². The number of thioether (sulfide) groups is 2. The van der Waals surface area contributed by atoms with Gasteiger partial charge in [0, 0.05) is 5.92 Å². The molecule has 138 valence electrons. The number of rotatable bonds is 3. The third kappa shape index (κ3) is 3.99. The summed E-state index contributed by atoms with van der Waals surface area (Å²) in [5.41, 5.74) is 2.50. The van der Waals surface area contributed by atoms with Crippen LogP contribution >= 0.6 is 23.5 Å². The molecule has 2 atom stereocenters. The maximum Gasteiger partial charge on any atom is 0.164 e. The van der Waals surface area contributed by atoms with Gasteiger partial charge in [-0.2, -0.15) is 0 Å². The predicted molar refractivity (Wildman–Crippen MR) is 111 cm³/mol. The van der Waals surface area contributed by atoms with E-state index in [2.05, 4.69) is 84.2 Å². The Kier molecular flexibility index (Phi) is 5.65. The summed E-state index contributed by atoms with van der Waals surface area (Å²) in [6.45, 7) is 4.08. The second-order valence-electron chi connectivity index (χ2n) is 7.34. The molecular formula is C22H26O2S2. The maximum atomic E-state index is 6.53. The molecule has 0 bridgehead atoms. The van der Waals surface area contributed by atoms with Crippen molar-refractivity contribution in [1.82, 2.24) is 0 Å². The highest BCUT2D eigenvalue weighted by atomic mass is 32.2. The standard InChI is InChI=1S/C22H26O2S2/c1-22(2)23-19(16-10-5-3-6-11-16)18(21-25-14-9-15-26-21)20(24-22)17-12-7-4-8-13-17/h3-8,10-13,18-21H,9,14-15H2,1-2H3/t19-,20-/m0/s1. The lowest BCUT2D eigenvalue weighted by atomic mass is 9.86. The molecule has 2 saturated heterocycles. The Bertz CT molecular complexity index is 647. The van der Waals surface area contributed by atoms with E-state index in [4.69, 9.17) is 9.47 Å². The lowest BCUT2D eigenvalue weighted by Crippen LogP contribution is -2.46. The van der Waals surface area contributed by atoms with Gasteiger partial charge in [-0.15, -0.1) is 23.5 Å². The molecule has 0 aliphatic carbocycles. The number of benzene rings is 2. The first kappa shape index (κ1) is 18.4. The number of ether oxygens (including phenoxy) is 2. The van der Waals surface area contributed by atoms with Gasteiger partial charge >= 0.3 is 0 Å². The van der Waals surface area contributed by atoms with Crippen molar-refractivity contribution >= 4 is 23.5 Å². The third-order valence-corrected chi connectivity index (χ3v) is 8.09. The summed E-state index contributed by atoms with van der Waals surface area (Å²) in [6, 6.07) is 21.3. The van der Waals surface area contributed by atoms with Crippen LogP contribution in [-0.4, -0.2) is 21.9 Å². The smallest absolute Gasteiger partial charge is 0.164 e. The molecule has 26 heavy (non-hydrogen) atoms. The van der Waals surface area contributed by atoms with Crippen LogP contribution in [0.1, 0.15) is 43.6 Å². The molecule has 2 heterocycles. The first-order chi connectivity index (χ1) is 12.6. The monoisotopic (exact) mass is 386 g/mol. The normalized spacial score (nSPS) is 29.4. The Hall–Kier alpha value is -0.940. The zero-order valence-corrected chi connectivity index (χ0v) is 17.0. The summed E-state index contributed by atoms with van der Waals surface area (Å²) in [4.78, 5) is 0. The van der Waals surface area contributed by atoms with Crippen LogP contribution in [0.5, 0.6) is 0 Å². The molecule has 4 heteroatoms. The summed E-state index contributed by atoms with van der Waals surface area (Å²) in [7, 11) is 0. The van der Waals surface area contributed by atoms with Crippen molar-refractivity contribution in [3.63, 3.8) is 0 Å². The molecule has 0 saturated carbocycles. The Balaban J connectivity index is 1.76. The Morgan fingerprint density at radius 1 is 0.769 bits per heavy atom. The molecule has 0 unspecified atom stereocenters. The summed E-state index contributed by atoms with van der Waals surface area (Å²) in [6.07, 6.45) is 1.36. The summed E-state index contributed by atoms with van der Waals surface area (Å²) >= 11 is 4.14. The van der Waals surface area contributed by atoms with Gasteiger partial charge in [-0.05, 0) is 42.9 Å². The van der Waals surface area contributed by atoms with E-state index in [-0.39, 0.29) is 18.1 Å². The zero-order valence-electron chi connectivity index (χ0n) is 15.3. The summed E-state index contributed by atoms with van der Waals surface area (Å²) in [5, 5.41) is 0. The molecule has 2 aliphatic heterocycles. The molecule has 2 aromatic carbocycles. The lowest BCUT2D eigenvalue weighted by Gasteiger charge is -2.49. The first-order valence-corrected chi connectivity index (χ1v) is 11.4. The van der Waals surface area contributed by atoms with Gasteiger partial charge in [0.1, 0.15) is 0 Å². The molecule has 0 N–H and O–H groups in total. The Labute approximate surface area is 165 Å². The van der Waals surface area contributed by atoms with E-state index >= 15 is 0 Å². The molecule has 2 fully saturated rings. The van der Waals surface area contributed by atoms with E-state index in [1.54, 1.807) is 0 Å². The molecule has 4 rings (SSSR count). The van der Waals surface area contributed by atoms with E-state index in [0.29, 0.717) is 4.58 Å². The molecule has 2 nitrogen and oxygen atoms in total. The summed E-state index contributed by atoms with van der Waals surface area (Å²) < 4.78 is 13.5. The Morgan fingerprint density at radius 2 is 1.23 bits per heavy atom. The topological polar surface area (TPSA) is 18.5 Å². The van der Waals surface area contributed by atoms with E-state index in [1.807, 2.05) is 13.8 Å². The highest BCUT2D eigenvalue weighted by Gasteiger charge is 2.48. The van der Waals surface area contributed by atoms with Crippen LogP contribution in [0.4, 0.5) is 0 Å². The minimum absolute atomic E-state index is 0.0354. The van der Waals surface area contributed by atoms with Gasteiger partial charge < -0.3 is 9.47 Å². The van der Waals surface area contributed by atoms with Crippen molar-refractivity contribution in [3.05, 3.63) is 71.8 Å². The zero-order chi connectivity index (χ0) is 18.0. The van der Waals surface area contributed by atoms with Crippen LogP contribution in [0, 0.1) is 5.92 Å². The van der Waals surface area contributed by atoms with Crippen LogP contribution in [0.2, 0.25) is 0 Å². The van der Waals surface area contributed by atoms with Crippen molar-refractivity contribution in [2.45, 2.75) is 42.8 Å². The van der Waals surface area contributed by atoms with Gasteiger partial charge in [0.2, 0.25) is 0 Å². The fourth-order valence-corrected chi connectivity index (χ4v) is 7.08. The largest absolute Gasteiger partial charge is 0.342 e. The average molecular weight is 387 g/mol. The van der Waals surface area contributed by atoms with Crippen molar-refractivity contribution < 1.29 is 9.47 Å². The minimum Gasteiger partial charge on any atom is -0.342 e. The van der Waals surface area contributed by atoms with Crippen LogP contribution in [0.15, 0.2) is 60.7 Å². The van der Waals surface area contributed by atoms with E-state index in [1.165, 1.54) is 29.1 Å². The number of hydrogen-bond donors (Lipinski definition) is 0. The van der Waals surface area contributed by atoms with Gasteiger partial charge in [0.25, 0.3) is 0 Å². The average Bonchev–Trinajstić information content (AvgIpc) is 2.69. The molecule has 0 aromatic heterocycles. The van der Waals surface area contributed by atoms with Crippen molar-refractivity contribution in [3.8, 4) is 0 Å². The van der Waals surface area contributed by atoms with Gasteiger partial charge in [-0.3, -0.25) is 0 Å². The lowest BCUT2D eigenvalue weighted by molar-refractivity contribution is -0.325. The van der Waals surface area contributed by atoms with Crippen molar-refractivity contribution in [2.75, 3.05) is 11.5 Å². The van der Waals surface area contributed by atoms with Crippen LogP contribution in [-0.2, 0) is 9.47 Å². The quantitative estimate of drug-likeness (QED) is 0.637. The molecule has 0 amide bonds. The second-order valence-corrected chi connectivity index (χ2v) is 10.1. The predicted octanol–water partition coefficient (Wildman–Crippen LogP) is 6.06. The SMILES string of the molecule is CC1(C)O[C@@H](c2ccccc2)C(C2SCCCS2)[C@H](c2ccccc2)O1. The second kappa shape index (κ2) is 7.97. The minimum atomic E-state index is -0.610. The fraction of sp³-hybridized carbons (Fsp3) is 0.455. The molecule has 0 spiro atoms. The highest BCUT2D eigenvalue weighted by molar-refractivity contribution is 8.17. The maximum absolute atomic E-state index is 6.53. The van der Waals surface area contributed by atoms with Gasteiger partial charge in [0.05, 0.1) is 16.8 Å².